The van der Waals surface area contributed by atoms with E-state index < -0.39 is 10.8 Å². The first-order chi connectivity index (χ1) is 13.6. The Kier molecular flexibility index (Phi) is 4.41. The first-order valence-electron chi connectivity index (χ1n) is 8.72. The second kappa shape index (κ2) is 7.03. The van der Waals surface area contributed by atoms with E-state index in [9.17, 15) is 14.9 Å². The molecule has 0 bridgehead atoms. The molecule has 0 saturated carbocycles. The van der Waals surface area contributed by atoms with Crippen LogP contribution in [0, 0.1) is 10.1 Å². The number of nitro benzene ring substituents is 1. The van der Waals surface area contributed by atoms with Crippen molar-refractivity contribution in [1.82, 2.24) is 0 Å². The second-order valence-corrected chi connectivity index (χ2v) is 6.11. The van der Waals surface area contributed by atoms with Gasteiger partial charge in [-0.05, 0) is 31.2 Å². The fourth-order valence-electron chi connectivity index (χ4n) is 3.14. The highest BCUT2D eigenvalue weighted by atomic mass is 16.6. The molecule has 0 spiro atoms. The quantitative estimate of drug-likeness (QED) is 0.464. The lowest BCUT2D eigenvalue weighted by Gasteiger charge is -2.19. The number of benzene rings is 3. The predicted octanol–water partition coefficient (Wildman–Crippen LogP) is 5.16. The molecule has 7 nitrogen and oxygen atoms in total. The molecule has 1 aliphatic heterocycles. The standard InChI is InChI=1S/C21H16N2O5/c1-2-22-16-10-6-7-11-18(16)28-19-13-15(27-14-8-4-3-5-9-14)12-17(23(25)26)20(19)21(22)24/h3-13H,2H2,1H3. The van der Waals surface area contributed by atoms with E-state index in [1.54, 1.807) is 55.5 Å². The Labute approximate surface area is 160 Å². The number of para-hydroxylation sites is 3. The van der Waals surface area contributed by atoms with E-state index in [2.05, 4.69) is 0 Å². The van der Waals surface area contributed by atoms with E-state index in [1.807, 2.05) is 6.07 Å². The Morgan fingerprint density at radius 1 is 1.00 bits per heavy atom. The van der Waals surface area contributed by atoms with Crippen molar-refractivity contribution in [2.75, 3.05) is 11.4 Å². The highest BCUT2D eigenvalue weighted by Crippen LogP contribution is 2.44. The summed E-state index contributed by atoms with van der Waals surface area (Å²) in [5.74, 6) is 0.788. The van der Waals surface area contributed by atoms with Crippen LogP contribution in [0.3, 0.4) is 0 Å². The van der Waals surface area contributed by atoms with Crippen molar-refractivity contribution in [2.45, 2.75) is 6.92 Å². The first kappa shape index (κ1) is 17.5. The molecule has 1 aliphatic rings. The molecule has 3 aromatic rings. The van der Waals surface area contributed by atoms with Crippen LogP contribution in [0.2, 0.25) is 0 Å². The number of amides is 1. The predicted molar refractivity (Wildman–Crippen MR) is 103 cm³/mol. The number of anilines is 1. The van der Waals surface area contributed by atoms with Crippen LogP contribution in [0.5, 0.6) is 23.0 Å². The van der Waals surface area contributed by atoms with Gasteiger partial charge in [0.2, 0.25) is 0 Å². The van der Waals surface area contributed by atoms with Crippen LogP contribution in [-0.4, -0.2) is 17.4 Å². The van der Waals surface area contributed by atoms with Crippen LogP contribution in [-0.2, 0) is 0 Å². The summed E-state index contributed by atoms with van der Waals surface area (Å²) in [6.07, 6.45) is 0. The fourth-order valence-corrected chi connectivity index (χ4v) is 3.14. The molecular formula is C21H16N2O5. The van der Waals surface area contributed by atoms with E-state index in [0.717, 1.165) is 0 Å². The summed E-state index contributed by atoms with van der Waals surface area (Å²) in [7, 11) is 0. The molecule has 1 heterocycles. The molecule has 0 radical (unpaired) electrons. The summed E-state index contributed by atoms with van der Waals surface area (Å²) >= 11 is 0. The maximum absolute atomic E-state index is 13.1. The molecule has 7 heteroatoms. The number of nitro groups is 1. The molecule has 0 unspecified atom stereocenters. The molecule has 1 amide bonds. The average molecular weight is 376 g/mol. The monoisotopic (exact) mass is 376 g/mol. The van der Waals surface area contributed by atoms with Gasteiger partial charge in [-0.2, -0.15) is 0 Å². The van der Waals surface area contributed by atoms with E-state index >= 15 is 0 Å². The second-order valence-electron chi connectivity index (χ2n) is 6.11. The van der Waals surface area contributed by atoms with Gasteiger partial charge in [-0.25, -0.2) is 0 Å². The van der Waals surface area contributed by atoms with E-state index in [0.29, 0.717) is 23.7 Å². The highest BCUT2D eigenvalue weighted by Gasteiger charge is 2.34. The number of nitrogens with zero attached hydrogens (tertiary/aromatic N) is 2. The molecule has 3 aromatic carbocycles. The maximum atomic E-state index is 13.1. The number of ether oxygens (including phenoxy) is 2. The molecule has 0 aromatic heterocycles. The normalized spacial score (nSPS) is 12.5. The van der Waals surface area contributed by atoms with Gasteiger partial charge in [-0.3, -0.25) is 14.9 Å². The smallest absolute Gasteiger partial charge is 0.289 e. The topological polar surface area (TPSA) is 81.9 Å². The van der Waals surface area contributed by atoms with Gasteiger partial charge < -0.3 is 14.4 Å². The lowest BCUT2D eigenvalue weighted by Crippen LogP contribution is -2.30. The molecule has 4 rings (SSSR count). The highest BCUT2D eigenvalue weighted by molar-refractivity contribution is 6.12. The minimum absolute atomic E-state index is 0.0912. The number of fused-ring (bicyclic) bond motifs is 2. The third-order valence-electron chi connectivity index (χ3n) is 4.38. The molecule has 28 heavy (non-hydrogen) atoms. The van der Waals surface area contributed by atoms with Crippen molar-refractivity contribution >= 4 is 17.3 Å². The van der Waals surface area contributed by atoms with Crippen LogP contribution in [0.1, 0.15) is 17.3 Å². The van der Waals surface area contributed by atoms with Gasteiger partial charge in [0.15, 0.2) is 17.1 Å². The molecule has 0 N–H and O–H groups in total. The lowest BCUT2D eigenvalue weighted by molar-refractivity contribution is -0.385. The van der Waals surface area contributed by atoms with Crippen LogP contribution >= 0.6 is 0 Å². The van der Waals surface area contributed by atoms with E-state index in [-0.39, 0.29) is 22.7 Å². The minimum Gasteiger partial charge on any atom is -0.457 e. The molecule has 0 atom stereocenters. The third kappa shape index (κ3) is 3.03. The molecular weight excluding hydrogens is 360 g/mol. The average Bonchev–Trinajstić information content (AvgIpc) is 2.81. The summed E-state index contributed by atoms with van der Waals surface area (Å²) < 4.78 is 11.7. The van der Waals surface area contributed by atoms with Crippen molar-refractivity contribution in [3.63, 3.8) is 0 Å². The third-order valence-corrected chi connectivity index (χ3v) is 4.38. The van der Waals surface area contributed by atoms with Gasteiger partial charge in [0, 0.05) is 12.6 Å². The zero-order valence-corrected chi connectivity index (χ0v) is 15.0. The van der Waals surface area contributed by atoms with Gasteiger partial charge in [-0.15, -0.1) is 0 Å². The van der Waals surface area contributed by atoms with E-state index in [4.69, 9.17) is 9.47 Å². The summed E-state index contributed by atoms with van der Waals surface area (Å²) in [6, 6.07) is 18.7. The Bertz CT molecular complexity index is 1070. The Balaban J connectivity index is 1.89. The Morgan fingerprint density at radius 2 is 1.71 bits per heavy atom. The Morgan fingerprint density at radius 3 is 2.43 bits per heavy atom. The summed E-state index contributed by atoms with van der Waals surface area (Å²) in [5, 5.41) is 11.7. The van der Waals surface area contributed by atoms with Gasteiger partial charge in [0.25, 0.3) is 11.6 Å². The SMILES string of the molecule is CCN1C(=O)c2c(cc(Oc3ccccc3)cc2[N+](=O)[O-])Oc2ccccc21. The van der Waals surface area contributed by atoms with Gasteiger partial charge in [0.1, 0.15) is 11.5 Å². The number of rotatable bonds is 4. The van der Waals surface area contributed by atoms with E-state index in [1.165, 1.54) is 17.0 Å². The molecule has 0 fully saturated rings. The van der Waals surface area contributed by atoms with Crippen LogP contribution in [0.4, 0.5) is 11.4 Å². The van der Waals surface area contributed by atoms with Crippen LogP contribution in [0.25, 0.3) is 0 Å². The molecule has 140 valence electrons. The summed E-state index contributed by atoms with van der Waals surface area (Å²) in [4.78, 5) is 25.7. The summed E-state index contributed by atoms with van der Waals surface area (Å²) in [6.45, 7) is 2.15. The number of carbonyl (C=O) groups is 1. The van der Waals surface area contributed by atoms with Gasteiger partial charge >= 0.3 is 0 Å². The van der Waals surface area contributed by atoms with Gasteiger partial charge in [-0.1, -0.05) is 30.3 Å². The van der Waals surface area contributed by atoms with Crippen molar-refractivity contribution in [3.8, 4) is 23.0 Å². The molecule has 0 saturated heterocycles. The maximum Gasteiger partial charge on any atom is 0.289 e. The minimum atomic E-state index is -0.595. The lowest BCUT2D eigenvalue weighted by atomic mass is 10.1. The summed E-state index contributed by atoms with van der Waals surface area (Å²) in [5.41, 5.74) is 0.106. The van der Waals surface area contributed by atoms with Crippen LogP contribution in [0.15, 0.2) is 66.7 Å². The van der Waals surface area contributed by atoms with Crippen molar-refractivity contribution in [1.29, 1.82) is 0 Å². The number of hydrogen-bond acceptors (Lipinski definition) is 5. The Hall–Kier alpha value is -3.87. The van der Waals surface area contributed by atoms with Gasteiger partial charge in [0.05, 0.1) is 16.7 Å². The van der Waals surface area contributed by atoms with Crippen molar-refractivity contribution < 1.29 is 19.2 Å². The first-order valence-corrected chi connectivity index (χ1v) is 8.72. The number of hydrogen-bond donors (Lipinski definition) is 0. The van der Waals surface area contributed by atoms with Crippen molar-refractivity contribution in [3.05, 3.63) is 82.4 Å². The fraction of sp³-hybridized carbons (Fsp3) is 0.0952. The zero-order valence-electron chi connectivity index (χ0n) is 15.0. The number of carbonyl (C=O) groups excluding carboxylic acids is 1. The van der Waals surface area contributed by atoms with Crippen LogP contribution < -0.4 is 14.4 Å². The van der Waals surface area contributed by atoms with Crippen molar-refractivity contribution in [2.24, 2.45) is 0 Å². The largest absolute Gasteiger partial charge is 0.457 e. The molecule has 0 aliphatic carbocycles. The zero-order chi connectivity index (χ0) is 19.7.